The van der Waals surface area contributed by atoms with Gasteiger partial charge >= 0.3 is 6.18 Å². The van der Waals surface area contributed by atoms with Crippen LogP contribution >= 0.6 is 0 Å². The van der Waals surface area contributed by atoms with Crippen LogP contribution < -0.4 is 15.8 Å². The lowest BCUT2D eigenvalue weighted by molar-refractivity contribution is -0.154. The first-order valence-electron chi connectivity index (χ1n) is 7.19. The molecule has 0 radical (unpaired) electrons. The van der Waals surface area contributed by atoms with E-state index in [2.05, 4.69) is 15.0 Å². The van der Waals surface area contributed by atoms with Crippen LogP contribution in [-0.2, 0) is 0 Å². The molecule has 0 saturated heterocycles. The molecule has 1 aromatic heterocycles. The van der Waals surface area contributed by atoms with Crippen molar-refractivity contribution in [2.45, 2.75) is 24.7 Å². The molecular formula is C16H16F3N3O. The summed E-state index contributed by atoms with van der Waals surface area (Å²) >= 11 is 0. The zero-order valence-electron chi connectivity index (χ0n) is 12.2. The summed E-state index contributed by atoms with van der Waals surface area (Å²) in [5.74, 6) is -0.0589. The van der Waals surface area contributed by atoms with Crippen molar-refractivity contribution >= 4 is 5.69 Å². The van der Waals surface area contributed by atoms with Crippen LogP contribution in [0.1, 0.15) is 29.6 Å². The molecule has 2 atom stereocenters. The standard InChI is InChI=1S/C16H16F3N3O/c17-16(18,19)9-23-15-6-5-10(8-21-15)22-14-7-13(20)11-3-1-2-4-12(11)14/h1-6,8,13-14,22H,7,9,20H2. The van der Waals surface area contributed by atoms with Gasteiger partial charge in [-0.3, -0.25) is 0 Å². The van der Waals surface area contributed by atoms with Gasteiger partial charge in [-0.05, 0) is 23.6 Å². The Balaban J connectivity index is 1.65. The number of benzene rings is 1. The number of fused-ring (bicyclic) bond motifs is 1. The van der Waals surface area contributed by atoms with Crippen LogP contribution in [0.15, 0.2) is 42.6 Å². The van der Waals surface area contributed by atoms with Crippen molar-refractivity contribution in [2.75, 3.05) is 11.9 Å². The summed E-state index contributed by atoms with van der Waals surface area (Å²) in [6.45, 7) is -1.35. The number of hydrogen-bond donors (Lipinski definition) is 2. The quantitative estimate of drug-likeness (QED) is 0.903. The van der Waals surface area contributed by atoms with Gasteiger partial charge in [0, 0.05) is 12.1 Å². The van der Waals surface area contributed by atoms with Gasteiger partial charge in [0.25, 0.3) is 0 Å². The topological polar surface area (TPSA) is 60.2 Å². The van der Waals surface area contributed by atoms with Gasteiger partial charge in [-0.1, -0.05) is 24.3 Å². The Bertz CT molecular complexity index is 673. The van der Waals surface area contributed by atoms with E-state index in [1.807, 2.05) is 24.3 Å². The third-order valence-corrected chi connectivity index (χ3v) is 3.72. The molecule has 1 heterocycles. The number of halogens is 3. The molecule has 0 bridgehead atoms. The van der Waals surface area contributed by atoms with E-state index in [1.54, 1.807) is 6.07 Å². The van der Waals surface area contributed by atoms with Crippen LogP contribution in [0.2, 0.25) is 0 Å². The van der Waals surface area contributed by atoms with Crippen LogP contribution in [-0.4, -0.2) is 17.8 Å². The van der Waals surface area contributed by atoms with Crippen LogP contribution in [0, 0.1) is 0 Å². The second-order valence-corrected chi connectivity index (χ2v) is 5.46. The Morgan fingerprint density at radius 3 is 2.57 bits per heavy atom. The molecule has 1 aromatic carbocycles. The lowest BCUT2D eigenvalue weighted by Crippen LogP contribution is -2.19. The SMILES string of the molecule is NC1CC(Nc2ccc(OCC(F)(F)F)nc2)c2ccccc21. The van der Waals surface area contributed by atoms with Crippen molar-refractivity contribution in [1.82, 2.24) is 4.98 Å². The van der Waals surface area contributed by atoms with Crippen molar-refractivity contribution in [3.05, 3.63) is 53.7 Å². The predicted octanol–water partition coefficient (Wildman–Crippen LogP) is 3.58. The van der Waals surface area contributed by atoms with Crippen LogP contribution in [0.25, 0.3) is 0 Å². The molecule has 0 spiro atoms. The number of nitrogens with one attached hydrogen (secondary N) is 1. The number of ether oxygens (including phenoxy) is 1. The predicted molar refractivity (Wildman–Crippen MR) is 80.1 cm³/mol. The van der Waals surface area contributed by atoms with E-state index in [4.69, 9.17) is 5.73 Å². The monoisotopic (exact) mass is 323 g/mol. The summed E-state index contributed by atoms with van der Waals surface area (Å²) in [5.41, 5.74) is 9.07. The summed E-state index contributed by atoms with van der Waals surface area (Å²) in [7, 11) is 0. The minimum Gasteiger partial charge on any atom is -0.468 e. The molecule has 3 N–H and O–H groups in total. The number of nitrogens with zero attached hydrogens (tertiary/aromatic N) is 1. The maximum Gasteiger partial charge on any atom is 0.422 e. The van der Waals surface area contributed by atoms with Crippen molar-refractivity contribution in [1.29, 1.82) is 0 Å². The fraction of sp³-hybridized carbons (Fsp3) is 0.312. The van der Waals surface area contributed by atoms with Gasteiger partial charge in [-0.2, -0.15) is 13.2 Å². The molecule has 23 heavy (non-hydrogen) atoms. The molecular weight excluding hydrogens is 307 g/mol. The highest BCUT2D eigenvalue weighted by Crippen LogP contribution is 2.39. The highest BCUT2D eigenvalue weighted by Gasteiger charge is 2.29. The molecule has 0 amide bonds. The van der Waals surface area contributed by atoms with Crippen molar-refractivity contribution in [3.8, 4) is 5.88 Å². The van der Waals surface area contributed by atoms with E-state index >= 15 is 0 Å². The maximum atomic E-state index is 12.1. The molecule has 2 aromatic rings. The van der Waals surface area contributed by atoms with E-state index in [1.165, 1.54) is 12.3 Å². The number of anilines is 1. The van der Waals surface area contributed by atoms with Gasteiger partial charge in [-0.25, -0.2) is 4.98 Å². The average Bonchev–Trinajstić information content (AvgIpc) is 2.83. The number of pyridine rings is 1. The number of hydrogen-bond acceptors (Lipinski definition) is 4. The smallest absolute Gasteiger partial charge is 0.422 e. The zero-order chi connectivity index (χ0) is 16.4. The highest BCUT2D eigenvalue weighted by atomic mass is 19.4. The lowest BCUT2D eigenvalue weighted by atomic mass is 10.1. The molecule has 2 unspecified atom stereocenters. The Kier molecular flexibility index (Phi) is 4.12. The molecule has 1 aliphatic carbocycles. The van der Waals surface area contributed by atoms with Gasteiger partial charge in [0.1, 0.15) is 0 Å². The first-order valence-corrected chi connectivity index (χ1v) is 7.19. The van der Waals surface area contributed by atoms with Crippen LogP contribution in [0.5, 0.6) is 5.88 Å². The van der Waals surface area contributed by atoms with Gasteiger partial charge in [0.05, 0.1) is 17.9 Å². The minimum atomic E-state index is -4.37. The Labute approximate surface area is 131 Å². The first kappa shape index (κ1) is 15.6. The zero-order valence-corrected chi connectivity index (χ0v) is 12.2. The first-order chi connectivity index (χ1) is 10.9. The third-order valence-electron chi connectivity index (χ3n) is 3.72. The molecule has 0 fully saturated rings. The number of aromatic nitrogens is 1. The van der Waals surface area contributed by atoms with Gasteiger partial charge in [0.15, 0.2) is 6.61 Å². The minimum absolute atomic E-state index is 0.0222. The largest absolute Gasteiger partial charge is 0.468 e. The third kappa shape index (κ3) is 3.73. The molecule has 122 valence electrons. The normalized spacial score (nSPS) is 20.2. The maximum absolute atomic E-state index is 12.1. The Morgan fingerprint density at radius 1 is 1.17 bits per heavy atom. The molecule has 0 aliphatic heterocycles. The highest BCUT2D eigenvalue weighted by molar-refractivity contribution is 5.48. The van der Waals surface area contributed by atoms with E-state index in [0.29, 0.717) is 5.69 Å². The Hall–Kier alpha value is -2.28. The van der Waals surface area contributed by atoms with Crippen LogP contribution in [0.3, 0.4) is 0 Å². The fourth-order valence-corrected chi connectivity index (χ4v) is 2.72. The molecule has 1 aliphatic rings. The van der Waals surface area contributed by atoms with Crippen molar-refractivity contribution < 1.29 is 17.9 Å². The lowest BCUT2D eigenvalue weighted by Gasteiger charge is -2.15. The molecule has 4 nitrogen and oxygen atoms in total. The van der Waals surface area contributed by atoms with Gasteiger partial charge < -0.3 is 15.8 Å². The Morgan fingerprint density at radius 2 is 1.91 bits per heavy atom. The van der Waals surface area contributed by atoms with E-state index < -0.39 is 12.8 Å². The second kappa shape index (κ2) is 6.08. The fourth-order valence-electron chi connectivity index (χ4n) is 2.72. The summed E-state index contributed by atoms with van der Waals surface area (Å²) < 4.78 is 40.9. The van der Waals surface area contributed by atoms with E-state index in [0.717, 1.165) is 17.5 Å². The number of nitrogens with two attached hydrogens (primary N) is 1. The van der Waals surface area contributed by atoms with E-state index in [-0.39, 0.29) is 18.0 Å². The average molecular weight is 323 g/mol. The van der Waals surface area contributed by atoms with Crippen molar-refractivity contribution in [2.24, 2.45) is 5.73 Å². The summed E-state index contributed by atoms with van der Waals surface area (Å²) in [5, 5.41) is 3.31. The summed E-state index contributed by atoms with van der Waals surface area (Å²) in [6.07, 6.45) is -2.16. The summed E-state index contributed by atoms with van der Waals surface area (Å²) in [4.78, 5) is 3.88. The number of alkyl halides is 3. The number of rotatable bonds is 4. The van der Waals surface area contributed by atoms with Gasteiger partial charge in [0.2, 0.25) is 5.88 Å². The van der Waals surface area contributed by atoms with E-state index in [9.17, 15) is 13.2 Å². The second-order valence-electron chi connectivity index (χ2n) is 5.46. The van der Waals surface area contributed by atoms with Gasteiger partial charge in [-0.15, -0.1) is 0 Å². The summed E-state index contributed by atoms with van der Waals surface area (Å²) in [6, 6.07) is 11.0. The molecule has 7 heteroatoms. The molecule has 3 rings (SSSR count). The van der Waals surface area contributed by atoms with Crippen molar-refractivity contribution in [3.63, 3.8) is 0 Å². The van der Waals surface area contributed by atoms with Crippen LogP contribution in [0.4, 0.5) is 18.9 Å². The molecule has 0 saturated carbocycles.